The molecule has 1 saturated heterocycles. The van der Waals surface area contributed by atoms with Gasteiger partial charge in [0.15, 0.2) is 12.3 Å². The summed E-state index contributed by atoms with van der Waals surface area (Å²) < 4.78 is 16.9. The van der Waals surface area contributed by atoms with Crippen LogP contribution in [0.1, 0.15) is 131 Å². The van der Waals surface area contributed by atoms with Gasteiger partial charge in [-0.2, -0.15) is 0 Å². The number of allylic oxidation sites excluding steroid dienone is 1. The van der Waals surface area contributed by atoms with Crippen LogP contribution in [0.3, 0.4) is 0 Å². The van der Waals surface area contributed by atoms with Gasteiger partial charge in [0.2, 0.25) is 5.91 Å². The van der Waals surface area contributed by atoms with Gasteiger partial charge in [0.25, 0.3) is 0 Å². The number of amides is 1. The van der Waals surface area contributed by atoms with Crippen LogP contribution >= 0.6 is 0 Å². The summed E-state index contributed by atoms with van der Waals surface area (Å²) in [5.41, 5.74) is -2.27. The molecule has 7 N–H and O–H groups in total. The maximum atomic E-state index is 13.6. The average molecular weight is 828 g/mol. The highest BCUT2D eigenvalue weighted by atomic mass is 16.6. The van der Waals surface area contributed by atoms with Crippen LogP contribution in [0.15, 0.2) is 41.5 Å². The minimum Gasteiger partial charge on any atom is -0.467 e. The van der Waals surface area contributed by atoms with E-state index in [4.69, 9.17) is 14.2 Å². The molecule has 2 saturated carbocycles. The normalized spacial score (nSPS) is 38.8. The Morgan fingerprint density at radius 1 is 0.932 bits per heavy atom. The molecule has 59 heavy (non-hydrogen) atoms. The number of aliphatic hydroxyl groups is 6. The lowest BCUT2D eigenvalue weighted by Crippen LogP contribution is -2.62. The minimum absolute atomic E-state index is 0.00619. The Morgan fingerprint density at radius 3 is 2.20 bits per heavy atom. The smallest absolute Gasteiger partial charge is 0.331 e. The van der Waals surface area contributed by atoms with Crippen molar-refractivity contribution in [3.05, 3.63) is 47.0 Å². The Bertz CT molecular complexity index is 1770. The van der Waals surface area contributed by atoms with Crippen molar-refractivity contribution < 1.29 is 59.2 Å². The number of benzene rings is 1. The highest BCUT2D eigenvalue weighted by molar-refractivity contribution is 5.86. The summed E-state index contributed by atoms with van der Waals surface area (Å²) in [4.78, 5) is 39.4. The van der Waals surface area contributed by atoms with E-state index in [1.165, 1.54) is 12.5 Å². The average Bonchev–Trinajstić information content (AvgIpc) is 3.43. The number of esters is 2. The molecule has 6 rings (SSSR count). The topological polar surface area (TPSA) is 212 Å². The molecule has 0 aromatic heterocycles. The second-order valence-electron chi connectivity index (χ2n) is 20.6. The number of fused-ring (bicyclic) bond motifs is 4. The fraction of sp³-hybridized carbons (Fsp3) is 0.761. The van der Waals surface area contributed by atoms with E-state index in [1.54, 1.807) is 44.2 Å². The van der Waals surface area contributed by atoms with Gasteiger partial charge in [-0.15, -0.1) is 0 Å². The molecule has 1 aromatic rings. The molecule has 0 bridgehead atoms. The standard InChI is InChI=1S/C46H69NO12/c1-41(2)31-17-16-28-29(21-32(48)46(8)27(19-20-45(28,46)7)26-15-18-33(42(3,4)55)59-39(26)53)44(31,6)22-30(38(41)52)58-35(50)24-43(5,56)23-34(49)47-36(40(54)57-9)37(51)25-13-11-10-12-14-25/h10-14,26-27,30-33,36-39,48,51-53,55-56H,15-24H2,1-9H3,(H,47,49)/t26-,27-,30+,31-,32+,33+,36-,37+,38-,39+,43+,44+,45-,46-/m0/s1. The summed E-state index contributed by atoms with van der Waals surface area (Å²) in [6.07, 6.45) is -1.48. The van der Waals surface area contributed by atoms with E-state index in [2.05, 4.69) is 26.1 Å². The van der Waals surface area contributed by atoms with Crippen molar-refractivity contribution in [3.8, 4) is 0 Å². The Morgan fingerprint density at radius 2 is 1.59 bits per heavy atom. The van der Waals surface area contributed by atoms with Gasteiger partial charge < -0.3 is 50.2 Å². The molecule has 4 aliphatic carbocycles. The minimum atomic E-state index is -1.90. The zero-order valence-electron chi connectivity index (χ0n) is 36.4. The fourth-order valence-electron chi connectivity index (χ4n) is 12.8. The van der Waals surface area contributed by atoms with Crippen LogP contribution in [0.5, 0.6) is 0 Å². The Labute approximate surface area is 348 Å². The molecule has 1 aliphatic heterocycles. The van der Waals surface area contributed by atoms with Crippen LogP contribution in [-0.4, -0.2) is 104 Å². The Balaban J connectivity index is 1.18. The molecule has 3 fully saturated rings. The predicted molar refractivity (Wildman–Crippen MR) is 217 cm³/mol. The molecule has 13 nitrogen and oxygen atoms in total. The van der Waals surface area contributed by atoms with Crippen LogP contribution in [0.4, 0.5) is 0 Å². The molecule has 0 unspecified atom stereocenters. The summed E-state index contributed by atoms with van der Waals surface area (Å²) >= 11 is 0. The summed E-state index contributed by atoms with van der Waals surface area (Å²) in [7, 11) is 1.13. The lowest BCUT2D eigenvalue weighted by Gasteiger charge is -2.64. The molecule has 330 valence electrons. The van der Waals surface area contributed by atoms with Crippen molar-refractivity contribution in [2.75, 3.05) is 7.11 Å². The molecular formula is C46H69NO12. The van der Waals surface area contributed by atoms with Crippen molar-refractivity contribution in [3.63, 3.8) is 0 Å². The Kier molecular flexibility index (Phi) is 12.4. The molecule has 1 amide bonds. The van der Waals surface area contributed by atoms with Crippen molar-refractivity contribution in [1.82, 2.24) is 5.32 Å². The van der Waals surface area contributed by atoms with Crippen LogP contribution in [0.25, 0.3) is 0 Å². The molecule has 1 aromatic carbocycles. The van der Waals surface area contributed by atoms with Crippen molar-refractivity contribution in [2.45, 2.75) is 174 Å². The molecule has 5 aliphatic rings. The van der Waals surface area contributed by atoms with Gasteiger partial charge in [-0.25, -0.2) is 4.79 Å². The van der Waals surface area contributed by atoms with E-state index >= 15 is 0 Å². The Hall–Kier alpha value is -2.91. The third-order valence-corrected chi connectivity index (χ3v) is 16.1. The summed E-state index contributed by atoms with van der Waals surface area (Å²) in [5, 5.41) is 70.7. The second kappa shape index (κ2) is 16.1. The fourth-order valence-corrected chi connectivity index (χ4v) is 12.8. The van der Waals surface area contributed by atoms with E-state index in [0.29, 0.717) is 31.2 Å². The molecule has 14 atom stereocenters. The quantitative estimate of drug-likeness (QED) is 0.122. The third kappa shape index (κ3) is 8.03. The molecule has 13 heteroatoms. The molecule has 0 spiro atoms. The maximum absolute atomic E-state index is 13.6. The highest BCUT2D eigenvalue weighted by Crippen LogP contribution is 2.73. The number of aliphatic hydroxyl groups excluding tert-OH is 4. The highest BCUT2D eigenvalue weighted by Gasteiger charge is 2.68. The second-order valence-corrected chi connectivity index (χ2v) is 20.6. The monoisotopic (exact) mass is 827 g/mol. The van der Waals surface area contributed by atoms with E-state index in [1.807, 2.05) is 13.8 Å². The van der Waals surface area contributed by atoms with Crippen LogP contribution in [0, 0.1) is 39.4 Å². The van der Waals surface area contributed by atoms with E-state index in [0.717, 1.165) is 38.4 Å². The summed E-state index contributed by atoms with van der Waals surface area (Å²) in [5.74, 6) is -2.65. The first-order valence-electron chi connectivity index (χ1n) is 21.5. The summed E-state index contributed by atoms with van der Waals surface area (Å²) in [6, 6.07) is 6.82. The van der Waals surface area contributed by atoms with Gasteiger partial charge in [0.05, 0.1) is 49.5 Å². The van der Waals surface area contributed by atoms with Crippen molar-refractivity contribution >= 4 is 17.8 Å². The number of methoxy groups -OCH3 is 1. The van der Waals surface area contributed by atoms with Crippen LogP contribution in [0.2, 0.25) is 0 Å². The van der Waals surface area contributed by atoms with Crippen molar-refractivity contribution in [2.24, 2.45) is 39.4 Å². The predicted octanol–water partition coefficient (Wildman–Crippen LogP) is 4.40. The number of carbonyl (C=O) groups is 3. The first-order chi connectivity index (χ1) is 27.3. The number of carbonyl (C=O) groups excluding carboxylic acids is 3. The van der Waals surface area contributed by atoms with Crippen LogP contribution in [-0.2, 0) is 28.6 Å². The summed E-state index contributed by atoms with van der Waals surface area (Å²) in [6.45, 7) is 15.3. The first-order valence-corrected chi connectivity index (χ1v) is 21.5. The van der Waals surface area contributed by atoms with Gasteiger partial charge in [-0.05, 0) is 106 Å². The van der Waals surface area contributed by atoms with Crippen molar-refractivity contribution in [1.29, 1.82) is 0 Å². The van der Waals surface area contributed by atoms with Gasteiger partial charge in [-0.3, -0.25) is 9.59 Å². The molecular weight excluding hydrogens is 759 g/mol. The van der Waals surface area contributed by atoms with Crippen LogP contribution < -0.4 is 5.32 Å². The number of nitrogens with one attached hydrogen (secondary N) is 1. The molecule has 1 heterocycles. The lowest BCUT2D eigenvalue weighted by atomic mass is 9.42. The van der Waals surface area contributed by atoms with Gasteiger partial charge in [-0.1, -0.05) is 76.1 Å². The largest absolute Gasteiger partial charge is 0.467 e. The first kappa shape index (κ1) is 45.6. The number of rotatable bonds is 11. The molecule has 0 radical (unpaired) electrons. The zero-order chi connectivity index (χ0) is 43.7. The SMILES string of the molecule is COC(=O)[C@@H](NC(=O)C[C@@](C)(O)CC(=O)O[C@@H]1C[C@]2(C)C3=C(CC[C@H]2C(C)(C)[C@H]1O)[C@]1(C)CC[C@@H]([C@@H]2CC[C@H](C(C)(C)O)O[C@H]2O)[C@@]1(C)[C@H](O)C3)[C@H](O)c1ccccc1. The number of hydrogen-bond acceptors (Lipinski definition) is 12. The third-order valence-electron chi connectivity index (χ3n) is 16.1. The van der Waals surface area contributed by atoms with Gasteiger partial charge in [0.1, 0.15) is 12.2 Å². The van der Waals surface area contributed by atoms with Gasteiger partial charge >= 0.3 is 11.9 Å². The van der Waals surface area contributed by atoms with Gasteiger partial charge in [0, 0.05) is 11.3 Å². The van der Waals surface area contributed by atoms with E-state index in [-0.39, 0.29) is 23.2 Å². The zero-order valence-corrected chi connectivity index (χ0v) is 36.4. The van der Waals surface area contributed by atoms with E-state index in [9.17, 15) is 45.0 Å². The number of ether oxygens (including phenoxy) is 3. The van der Waals surface area contributed by atoms with E-state index < -0.39 is 101 Å². The maximum Gasteiger partial charge on any atom is 0.331 e. The lowest BCUT2D eigenvalue weighted by molar-refractivity contribution is -0.251. The number of hydrogen-bond donors (Lipinski definition) is 7.